The van der Waals surface area contributed by atoms with Crippen molar-refractivity contribution in [3.05, 3.63) is 16.1 Å². The van der Waals surface area contributed by atoms with Gasteiger partial charge in [-0.1, -0.05) is 20.8 Å². The minimum Gasteiger partial charge on any atom is -0.331 e. The molecule has 0 saturated carbocycles. The molecule has 2 nitrogen and oxygen atoms in total. The van der Waals surface area contributed by atoms with Crippen LogP contribution in [0.4, 0.5) is 0 Å². The summed E-state index contributed by atoms with van der Waals surface area (Å²) < 4.78 is 3.49. The molecule has 15 heavy (non-hydrogen) atoms. The van der Waals surface area contributed by atoms with Crippen LogP contribution in [-0.2, 0) is 19.4 Å². The fraction of sp³-hybridized carbons (Fsp3) is 0.750. The SMILES string of the molecule is CC(C)Cc1nc(Br)c2n1CCC(C)C2. The van der Waals surface area contributed by atoms with E-state index in [1.807, 2.05) is 0 Å². The highest BCUT2D eigenvalue weighted by Crippen LogP contribution is 2.28. The van der Waals surface area contributed by atoms with Crippen LogP contribution in [0.3, 0.4) is 0 Å². The molecule has 0 saturated heterocycles. The zero-order valence-corrected chi connectivity index (χ0v) is 11.3. The number of imidazole rings is 1. The van der Waals surface area contributed by atoms with Crippen LogP contribution in [-0.4, -0.2) is 9.55 Å². The van der Waals surface area contributed by atoms with Crippen LogP contribution in [0.5, 0.6) is 0 Å². The molecule has 1 aromatic heterocycles. The van der Waals surface area contributed by atoms with E-state index in [9.17, 15) is 0 Å². The van der Waals surface area contributed by atoms with Crippen LogP contribution in [0.25, 0.3) is 0 Å². The molecule has 1 aliphatic heterocycles. The summed E-state index contributed by atoms with van der Waals surface area (Å²) in [7, 11) is 0. The van der Waals surface area contributed by atoms with Gasteiger partial charge in [0.25, 0.3) is 0 Å². The summed E-state index contributed by atoms with van der Waals surface area (Å²) >= 11 is 3.59. The summed E-state index contributed by atoms with van der Waals surface area (Å²) in [6.07, 6.45) is 3.56. The lowest BCUT2D eigenvalue weighted by atomic mass is 9.98. The lowest BCUT2D eigenvalue weighted by molar-refractivity contribution is 0.403. The lowest BCUT2D eigenvalue weighted by Crippen LogP contribution is -2.19. The first-order valence-electron chi connectivity index (χ1n) is 5.81. The minimum absolute atomic E-state index is 0.683. The highest BCUT2D eigenvalue weighted by molar-refractivity contribution is 9.10. The number of fused-ring (bicyclic) bond motifs is 1. The van der Waals surface area contributed by atoms with Gasteiger partial charge in [0.05, 0.1) is 5.69 Å². The maximum Gasteiger partial charge on any atom is 0.127 e. The molecular formula is C12H19BrN2. The van der Waals surface area contributed by atoms with Crippen molar-refractivity contribution in [3.8, 4) is 0 Å². The Kier molecular flexibility index (Phi) is 3.19. The van der Waals surface area contributed by atoms with Gasteiger partial charge in [-0.3, -0.25) is 0 Å². The maximum atomic E-state index is 4.65. The Bertz CT molecular complexity index is 355. The summed E-state index contributed by atoms with van der Waals surface area (Å²) in [5.74, 6) is 2.75. The van der Waals surface area contributed by atoms with Gasteiger partial charge in [-0.2, -0.15) is 0 Å². The molecule has 0 spiro atoms. The average Bonchev–Trinajstić information content (AvgIpc) is 2.42. The van der Waals surface area contributed by atoms with Gasteiger partial charge in [0.15, 0.2) is 0 Å². The van der Waals surface area contributed by atoms with E-state index in [2.05, 4.69) is 46.3 Å². The van der Waals surface area contributed by atoms with E-state index >= 15 is 0 Å². The second-order valence-corrected chi connectivity index (χ2v) is 5.86. The first-order chi connectivity index (χ1) is 7.08. The molecule has 1 atom stereocenters. The molecule has 3 heteroatoms. The quantitative estimate of drug-likeness (QED) is 0.805. The summed E-state index contributed by atoms with van der Waals surface area (Å²) in [6.45, 7) is 7.98. The van der Waals surface area contributed by atoms with Crippen LogP contribution >= 0.6 is 15.9 Å². The number of rotatable bonds is 2. The monoisotopic (exact) mass is 270 g/mol. The second-order valence-electron chi connectivity index (χ2n) is 5.11. The third-order valence-electron chi connectivity index (χ3n) is 3.08. The molecule has 0 radical (unpaired) electrons. The van der Waals surface area contributed by atoms with Crippen molar-refractivity contribution in [3.63, 3.8) is 0 Å². The maximum absolute atomic E-state index is 4.65. The summed E-state index contributed by atoms with van der Waals surface area (Å²) in [4.78, 5) is 4.65. The van der Waals surface area contributed by atoms with Gasteiger partial charge in [0.1, 0.15) is 10.4 Å². The second kappa shape index (κ2) is 4.28. The molecule has 0 aliphatic carbocycles. The number of halogens is 1. The number of hydrogen-bond acceptors (Lipinski definition) is 1. The molecule has 0 aromatic carbocycles. The Balaban J connectivity index is 2.31. The Morgan fingerprint density at radius 1 is 1.53 bits per heavy atom. The van der Waals surface area contributed by atoms with Crippen molar-refractivity contribution in [2.45, 2.75) is 46.6 Å². The molecule has 0 amide bonds. The van der Waals surface area contributed by atoms with Crippen molar-refractivity contribution in [1.29, 1.82) is 0 Å². The smallest absolute Gasteiger partial charge is 0.127 e. The zero-order valence-electron chi connectivity index (χ0n) is 9.76. The van der Waals surface area contributed by atoms with Crippen LogP contribution in [0.2, 0.25) is 0 Å². The molecule has 1 aliphatic rings. The van der Waals surface area contributed by atoms with Crippen molar-refractivity contribution >= 4 is 15.9 Å². The molecule has 0 bridgehead atoms. The van der Waals surface area contributed by atoms with Crippen molar-refractivity contribution < 1.29 is 0 Å². The molecule has 0 N–H and O–H groups in total. The van der Waals surface area contributed by atoms with Gasteiger partial charge in [-0.15, -0.1) is 0 Å². The highest BCUT2D eigenvalue weighted by atomic mass is 79.9. The zero-order chi connectivity index (χ0) is 11.0. The molecule has 2 rings (SSSR count). The third kappa shape index (κ3) is 2.27. The predicted octanol–water partition coefficient (Wildman–Crippen LogP) is 3.43. The van der Waals surface area contributed by atoms with Crippen molar-refractivity contribution in [2.24, 2.45) is 11.8 Å². The van der Waals surface area contributed by atoms with Gasteiger partial charge in [0, 0.05) is 13.0 Å². The van der Waals surface area contributed by atoms with Gasteiger partial charge in [-0.05, 0) is 40.6 Å². The lowest BCUT2D eigenvalue weighted by Gasteiger charge is -2.22. The minimum atomic E-state index is 0.683. The normalized spacial score (nSPS) is 20.7. The molecule has 1 aromatic rings. The fourth-order valence-electron chi connectivity index (χ4n) is 2.27. The van der Waals surface area contributed by atoms with Crippen molar-refractivity contribution in [2.75, 3.05) is 0 Å². The number of hydrogen-bond donors (Lipinski definition) is 0. The number of aromatic nitrogens is 2. The van der Waals surface area contributed by atoms with Gasteiger partial charge in [-0.25, -0.2) is 4.98 Å². The van der Waals surface area contributed by atoms with E-state index in [4.69, 9.17) is 0 Å². The van der Waals surface area contributed by atoms with Crippen molar-refractivity contribution in [1.82, 2.24) is 9.55 Å². The van der Waals surface area contributed by atoms with E-state index < -0.39 is 0 Å². The molecule has 0 fully saturated rings. The van der Waals surface area contributed by atoms with E-state index in [1.54, 1.807) is 0 Å². The van der Waals surface area contributed by atoms with Crippen LogP contribution in [0.1, 0.15) is 38.7 Å². The summed E-state index contributed by atoms with van der Waals surface area (Å²) in [5.41, 5.74) is 1.41. The standard InChI is InChI=1S/C12H19BrN2/c1-8(2)6-11-14-12(13)10-7-9(3)4-5-15(10)11/h8-9H,4-7H2,1-3H3. The number of nitrogens with zero attached hydrogens (tertiary/aromatic N) is 2. The Hall–Kier alpha value is -0.310. The highest BCUT2D eigenvalue weighted by Gasteiger charge is 2.22. The fourth-order valence-corrected chi connectivity index (χ4v) is 2.85. The van der Waals surface area contributed by atoms with Crippen LogP contribution in [0, 0.1) is 11.8 Å². The summed E-state index contributed by atoms with van der Waals surface area (Å²) in [6, 6.07) is 0. The van der Waals surface area contributed by atoms with E-state index in [0.717, 1.165) is 23.5 Å². The molecule has 2 heterocycles. The first-order valence-corrected chi connectivity index (χ1v) is 6.61. The van der Waals surface area contributed by atoms with E-state index in [0.29, 0.717) is 5.92 Å². The summed E-state index contributed by atoms with van der Waals surface area (Å²) in [5, 5.41) is 0. The van der Waals surface area contributed by atoms with E-state index in [-0.39, 0.29) is 0 Å². The van der Waals surface area contributed by atoms with Gasteiger partial charge < -0.3 is 4.57 Å². The predicted molar refractivity (Wildman–Crippen MR) is 66.0 cm³/mol. The Labute approximate surface area is 100 Å². The topological polar surface area (TPSA) is 17.8 Å². The van der Waals surface area contributed by atoms with Crippen LogP contribution < -0.4 is 0 Å². The average molecular weight is 271 g/mol. The largest absolute Gasteiger partial charge is 0.331 e. The van der Waals surface area contributed by atoms with Gasteiger partial charge in [0.2, 0.25) is 0 Å². The van der Waals surface area contributed by atoms with Crippen LogP contribution in [0.15, 0.2) is 4.60 Å². The molecule has 1 unspecified atom stereocenters. The molecular weight excluding hydrogens is 252 g/mol. The molecule has 84 valence electrons. The van der Waals surface area contributed by atoms with Gasteiger partial charge >= 0.3 is 0 Å². The Morgan fingerprint density at radius 3 is 2.93 bits per heavy atom. The Morgan fingerprint density at radius 2 is 2.27 bits per heavy atom. The first kappa shape index (κ1) is 11.2. The third-order valence-corrected chi connectivity index (χ3v) is 3.72. The van der Waals surface area contributed by atoms with E-state index in [1.165, 1.54) is 24.4 Å².